The van der Waals surface area contributed by atoms with Crippen LogP contribution >= 0.6 is 11.3 Å². The molecule has 132 valence electrons. The monoisotopic (exact) mass is 378 g/mol. The van der Waals surface area contributed by atoms with Crippen molar-refractivity contribution in [2.45, 2.75) is 12.6 Å². The molecule has 0 atom stereocenters. The van der Waals surface area contributed by atoms with E-state index in [9.17, 15) is 17.6 Å². The van der Waals surface area contributed by atoms with Crippen molar-refractivity contribution in [3.63, 3.8) is 0 Å². The van der Waals surface area contributed by atoms with Gasteiger partial charge in [-0.25, -0.2) is 4.39 Å². The fourth-order valence-corrected chi connectivity index (χ4v) is 3.39. The molecular formula is C17H10F4N4S. The van der Waals surface area contributed by atoms with E-state index >= 15 is 0 Å². The van der Waals surface area contributed by atoms with E-state index in [1.807, 2.05) is 0 Å². The summed E-state index contributed by atoms with van der Waals surface area (Å²) in [4.78, 5) is 0.481. The van der Waals surface area contributed by atoms with Crippen molar-refractivity contribution >= 4 is 16.3 Å². The minimum atomic E-state index is -4.43. The highest BCUT2D eigenvalue weighted by atomic mass is 32.1. The molecule has 4 aromatic rings. The Morgan fingerprint density at radius 1 is 1.00 bits per heavy atom. The number of alkyl halides is 3. The van der Waals surface area contributed by atoms with Gasteiger partial charge in [0.15, 0.2) is 5.82 Å². The zero-order valence-electron chi connectivity index (χ0n) is 13.0. The van der Waals surface area contributed by atoms with Crippen molar-refractivity contribution in [3.05, 3.63) is 70.5 Å². The highest BCUT2D eigenvalue weighted by molar-refractivity contribution is 7.16. The van der Waals surface area contributed by atoms with Crippen LogP contribution in [0.5, 0.6) is 0 Å². The molecule has 4 nitrogen and oxygen atoms in total. The zero-order chi connectivity index (χ0) is 18.3. The summed E-state index contributed by atoms with van der Waals surface area (Å²) < 4.78 is 53.2. The molecular weight excluding hydrogens is 368 g/mol. The summed E-state index contributed by atoms with van der Waals surface area (Å²) in [6, 6.07) is 10.9. The lowest BCUT2D eigenvalue weighted by molar-refractivity contribution is -0.137. The number of benzene rings is 2. The smallest absolute Gasteiger partial charge is 0.207 e. The van der Waals surface area contributed by atoms with Crippen LogP contribution in [0.25, 0.3) is 16.3 Å². The van der Waals surface area contributed by atoms with E-state index in [1.54, 1.807) is 12.1 Å². The van der Waals surface area contributed by atoms with Crippen LogP contribution in [-0.4, -0.2) is 19.8 Å². The molecule has 4 rings (SSSR count). The molecule has 0 aliphatic rings. The summed E-state index contributed by atoms with van der Waals surface area (Å²) in [7, 11) is 0. The minimum Gasteiger partial charge on any atom is -0.207 e. The number of hydrogen-bond acceptors (Lipinski definition) is 4. The van der Waals surface area contributed by atoms with Crippen LogP contribution in [-0.2, 0) is 12.6 Å². The van der Waals surface area contributed by atoms with Gasteiger partial charge in [0.05, 0.1) is 5.56 Å². The number of fused-ring (bicyclic) bond motifs is 1. The molecule has 0 aliphatic carbocycles. The second kappa shape index (κ2) is 6.17. The van der Waals surface area contributed by atoms with E-state index in [-0.39, 0.29) is 17.2 Å². The average molecular weight is 378 g/mol. The maximum absolute atomic E-state index is 13.0. The predicted octanol–water partition coefficient (Wildman–Crippen LogP) is 4.60. The van der Waals surface area contributed by atoms with Gasteiger partial charge >= 0.3 is 6.18 Å². The third kappa shape index (κ3) is 3.17. The second-order valence-electron chi connectivity index (χ2n) is 5.60. The molecule has 0 saturated carbocycles. The first kappa shape index (κ1) is 16.6. The Balaban J connectivity index is 1.69. The molecule has 0 radical (unpaired) electrons. The van der Waals surface area contributed by atoms with Crippen molar-refractivity contribution in [1.29, 1.82) is 0 Å². The summed E-state index contributed by atoms with van der Waals surface area (Å²) in [6.07, 6.45) is -3.97. The van der Waals surface area contributed by atoms with Gasteiger partial charge in [-0.05, 0) is 29.8 Å². The molecule has 0 spiro atoms. The first-order valence-electron chi connectivity index (χ1n) is 7.53. The predicted molar refractivity (Wildman–Crippen MR) is 88.3 cm³/mol. The Morgan fingerprint density at radius 2 is 1.77 bits per heavy atom. The number of halogens is 4. The maximum Gasteiger partial charge on any atom is 0.416 e. The van der Waals surface area contributed by atoms with Crippen molar-refractivity contribution in [2.75, 3.05) is 0 Å². The molecule has 0 bridgehead atoms. The Labute approximate surface area is 148 Å². The van der Waals surface area contributed by atoms with E-state index in [0.717, 1.165) is 17.7 Å². The molecule has 9 heteroatoms. The lowest BCUT2D eigenvalue weighted by Gasteiger charge is -2.07. The van der Waals surface area contributed by atoms with Crippen LogP contribution < -0.4 is 0 Å². The summed E-state index contributed by atoms with van der Waals surface area (Å²) in [6.45, 7) is 0. The van der Waals surface area contributed by atoms with E-state index < -0.39 is 11.7 Å². The Hall–Kier alpha value is -2.81. The zero-order valence-corrected chi connectivity index (χ0v) is 13.9. The van der Waals surface area contributed by atoms with Gasteiger partial charge < -0.3 is 0 Å². The fourth-order valence-electron chi connectivity index (χ4n) is 2.52. The van der Waals surface area contributed by atoms with Crippen LogP contribution in [0.1, 0.15) is 16.1 Å². The molecule has 2 aromatic heterocycles. The van der Waals surface area contributed by atoms with Gasteiger partial charge in [0.2, 0.25) is 4.96 Å². The van der Waals surface area contributed by atoms with Gasteiger partial charge in [-0.3, -0.25) is 0 Å². The van der Waals surface area contributed by atoms with Crippen molar-refractivity contribution in [1.82, 2.24) is 19.8 Å². The summed E-state index contributed by atoms with van der Waals surface area (Å²) in [5.74, 6) is -0.0774. The Kier molecular flexibility index (Phi) is 3.95. The van der Waals surface area contributed by atoms with Gasteiger partial charge in [0, 0.05) is 12.0 Å². The molecule has 0 saturated heterocycles. The summed E-state index contributed by atoms with van der Waals surface area (Å²) >= 11 is 1.28. The van der Waals surface area contributed by atoms with Crippen LogP contribution in [0.4, 0.5) is 17.6 Å². The maximum atomic E-state index is 13.0. The van der Waals surface area contributed by atoms with Gasteiger partial charge in [0.1, 0.15) is 10.8 Å². The van der Waals surface area contributed by atoms with E-state index in [1.165, 1.54) is 40.1 Å². The number of nitrogens with zero attached hydrogens (tertiary/aromatic N) is 4. The quantitative estimate of drug-likeness (QED) is 0.489. The Morgan fingerprint density at radius 3 is 2.50 bits per heavy atom. The second-order valence-corrected chi connectivity index (χ2v) is 6.64. The van der Waals surface area contributed by atoms with E-state index in [0.29, 0.717) is 16.4 Å². The van der Waals surface area contributed by atoms with Crippen molar-refractivity contribution in [2.24, 2.45) is 0 Å². The van der Waals surface area contributed by atoms with Crippen LogP contribution in [0.2, 0.25) is 0 Å². The third-order valence-corrected chi connectivity index (χ3v) is 4.65. The topological polar surface area (TPSA) is 43.1 Å². The number of aromatic nitrogens is 4. The lowest BCUT2D eigenvalue weighted by atomic mass is 10.1. The van der Waals surface area contributed by atoms with Crippen LogP contribution in [0.15, 0.2) is 48.5 Å². The molecule has 2 heterocycles. The normalized spacial score (nSPS) is 12.0. The highest BCUT2D eigenvalue weighted by Gasteiger charge is 2.31. The number of rotatable bonds is 3. The van der Waals surface area contributed by atoms with Crippen LogP contribution in [0.3, 0.4) is 0 Å². The van der Waals surface area contributed by atoms with Gasteiger partial charge in [0.25, 0.3) is 0 Å². The SMILES string of the molecule is Fc1ccc(Cc2nn3c(-c4cccc(C(F)(F)F)c4)nnc3s2)cc1. The van der Waals surface area contributed by atoms with Gasteiger partial charge in [-0.2, -0.15) is 22.8 Å². The number of hydrogen-bond donors (Lipinski definition) is 0. The summed E-state index contributed by atoms with van der Waals surface area (Å²) in [5, 5.41) is 13.0. The molecule has 0 fully saturated rings. The van der Waals surface area contributed by atoms with Gasteiger partial charge in [-0.15, -0.1) is 10.2 Å². The van der Waals surface area contributed by atoms with E-state index in [2.05, 4.69) is 15.3 Å². The molecule has 0 amide bonds. The molecule has 0 aliphatic heterocycles. The largest absolute Gasteiger partial charge is 0.416 e. The third-order valence-electron chi connectivity index (χ3n) is 3.75. The fraction of sp³-hybridized carbons (Fsp3) is 0.118. The standard InChI is InChI=1S/C17H10F4N4S/c18-13-6-4-10(5-7-13)8-14-24-25-15(22-23-16(25)26-14)11-2-1-3-12(9-11)17(19,20)21/h1-7,9H,8H2. The van der Waals surface area contributed by atoms with Crippen molar-refractivity contribution < 1.29 is 17.6 Å². The lowest BCUT2D eigenvalue weighted by Crippen LogP contribution is -2.05. The van der Waals surface area contributed by atoms with Crippen molar-refractivity contribution in [3.8, 4) is 11.4 Å². The Bertz CT molecular complexity index is 1070. The summed E-state index contributed by atoms with van der Waals surface area (Å²) in [5.41, 5.74) is 0.399. The molecule has 2 aromatic carbocycles. The first-order valence-corrected chi connectivity index (χ1v) is 8.35. The molecule has 0 N–H and O–H groups in total. The molecule has 26 heavy (non-hydrogen) atoms. The molecule has 0 unspecified atom stereocenters. The minimum absolute atomic E-state index is 0.243. The van der Waals surface area contributed by atoms with Gasteiger partial charge in [-0.1, -0.05) is 35.6 Å². The van der Waals surface area contributed by atoms with E-state index in [4.69, 9.17) is 0 Å². The first-order chi connectivity index (χ1) is 12.4. The average Bonchev–Trinajstić information content (AvgIpc) is 3.16. The highest BCUT2D eigenvalue weighted by Crippen LogP contribution is 2.32. The van der Waals surface area contributed by atoms with Crippen LogP contribution in [0, 0.1) is 5.82 Å².